The van der Waals surface area contributed by atoms with Crippen molar-refractivity contribution in [2.75, 3.05) is 13.2 Å². The highest BCUT2D eigenvalue weighted by atomic mass is 16.5. The van der Waals surface area contributed by atoms with Crippen LogP contribution >= 0.6 is 0 Å². The first-order valence-electron chi connectivity index (χ1n) is 6.72. The number of hydrogen-bond donors (Lipinski definition) is 2. The molecule has 0 aliphatic heterocycles. The van der Waals surface area contributed by atoms with Crippen LogP contribution < -0.4 is 10.1 Å². The van der Waals surface area contributed by atoms with Gasteiger partial charge in [0.2, 0.25) is 0 Å². The van der Waals surface area contributed by atoms with Gasteiger partial charge in [0, 0.05) is 6.54 Å². The Morgan fingerprint density at radius 2 is 1.95 bits per heavy atom. The molecule has 1 aromatic carbocycles. The lowest BCUT2D eigenvalue weighted by Crippen LogP contribution is -2.35. The zero-order valence-corrected chi connectivity index (χ0v) is 11.9. The number of aliphatic carboxylic acids is 1. The third-order valence-electron chi connectivity index (χ3n) is 2.92. The molecule has 0 fully saturated rings. The molecule has 0 saturated carbocycles. The highest BCUT2D eigenvalue weighted by Gasteiger charge is 2.17. The minimum atomic E-state index is -0.883. The summed E-state index contributed by atoms with van der Waals surface area (Å²) in [6, 6.07) is 7.38. The van der Waals surface area contributed by atoms with Gasteiger partial charge in [-0.05, 0) is 25.5 Å². The lowest BCUT2D eigenvalue weighted by atomic mass is 10.0. The summed E-state index contributed by atoms with van der Waals surface area (Å²) >= 11 is 0. The fraction of sp³-hybridized carbons (Fsp3) is 0.467. The van der Waals surface area contributed by atoms with Gasteiger partial charge >= 0.3 is 5.97 Å². The van der Waals surface area contributed by atoms with Crippen molar-refractivity contribution in [1.82, 2.24) is 5.32 Å². The van der Waals surface area contributed by atoms with Crippen LogP contribution in [-0.4, -0.2) is 30.1 Å². The van der Waals surface area contributed by atoms with Gasteiger partial charge in [-0.3, -0.25) is 9.59 Å². The van der Waals surface area contributed by atoms with Crippen molar-refractivity contribution in [2.45, 2.75) is 26.7 Å². The third-order valence-corrected chi connectivity index (χ3v) is 2.92. The Morgan fingerprint density at radius 1 is 1.30 bits per heavy atom. The number of hydrogen-bond acceptors (Lipinski definition) is 3. The van der Waals surface area contributed by atoms with Crippen LogP contribution in [0.15, 0.2) is 24.3 Å². The summed E-state index contributed by atoms with van der Waals surface area (Å²) in [4.78, 5) is 22.5. The lowest BCUT2D eigenvalue weighted by molar-refractivity contribution is -0.142. The molecule has 0 heterocycles. The molecule has 0 aromatic heterocycles. The molecule has 0 aliphatic rings. The van der Waals surface area contributed by atoms with Gasteiger partial charge in [-0.15, -0.1) is 0 Å². The van der Waals surface area contributed by atoms with E-state index in [1.807, 2.05) is 26.0 Å². The Morgan fingerprint density at radius 3 is 2.50 bits per heavy atom. The number of carbonyl (C=O) groups is 2. The first-order chi connectivity index (χ1) is 9.52. The van der Waals surface area contributed by atoms with Crippen molar-refractivity contribution in [3.05, 3.63) is 29.8 Å². The average molecular weight is 279 g/mol. The van der Waals surface area contributed by atoms with E-state index in [0.29, 0.717) is 12.2 Å². The lowest BCUT2D eigenvalue weighted by Gasteiger charge is -2.12. The van der Waals surface area contributed by atoms with E-state index in [1.54, 1.807) is 12.1 Å². The Bertz CT molecular complexity index is 442. The van der Waals surface area contributed by atoms with Crippen molar-refractivity contribution in [3.63, 3.8) is 0 Å². The minimum absolute atomic E-state index is 0.110. The molecule has 5 heteroatoms. The van der Waals surface area contributed by atoms with Gasteiger partial charge in [0.05, 0.1) is 5.92 Å². The molecule has 0 spiro atoms. The number of amides is 1. The summed E-state index contributed by atoms with van der Waals surface area (Å²) in [6.07, 6.45) is 1.32. The van der Waals surface area contributed by atoms with Gasteiger partial charge in [0.25, 0.3) is 5.91 Å². The summed E-state index contributed by atoms with van der Waals surface area (Å²) in [7, 11) is 0. The largest absolute Gasteiger partial charge is 0.484 e. The molecule has 1 amide bonds. The number of rotatable bonds is 8. The van der Waals surface area contributed by atoms with E-state index in [1.165, 1.54) is 0 Å². The number of aryl methyl sites for hydroxylation is 1. The van der Waals surface area contributed by atoms with Gasteiger partial charge in [0.1, 0.15) is 5.75 Å². The number of benzene rings is 1. The maximum Gasteiger partial charge on any atom is 0.308 e. The fourth-order valence-corrected chi connectivity index (χ4v) is 1.73. The first-order valence-corrected chi connectivity index (χ1v) is 6.72. The van der Waals surface area contributed by atoms with Crippen LogP contribution in [0.1, 0.15) is 25.3 Å². The van der Waals surface area contributed by atoms with Crippen LogP contribution in [0, 0.1) is 12.8 Å². The van der Waals surface area contributed by atoms with Gasteiger partial charge < -0.3 is 15.2 Å². The number of carbonyl (C=O) groups excluding carboxylic acids is 1. The van der Waals surface area contributed by atoms with Gasteiger partial charge in [-0.1, -0.05) is 31.0 Å². The van der Waals surface area contributed by atoms with Gasteiger partial charge in [-0.2, -0.15) is 0 Å². The van der Waals surface area contributed by atoms with Crippen molar-refractivity contribution in [2.24, 2.45) is 5.92 Å². The Hall–Kier alpha value is -2.04. The quantitative estimate of drug-likeness (QED) is 0.763. The topological polar surface area (TPSA) is 75.6 Å². The zero-order chi connectivity index (χ0) is 15.0. The van der Waals surface area contributed by atoms with Crippen LogP contribution in [-0.2, 0) is 9.59 Å². The Labute approximate surface area is 118 Å². The molecule has 2 N–H and O–H groups in total. The van der Waals surface area contributed by atoms with Crippen molar-refractivity contribution in [1.29, 1.82) is 0 Å². The predicted molar refractivity (Wildman–Crippen MR) is 75.7 cm³/mol. The second-order valence-corrected chi connectivity index (χ2v) is 4.73. The smallest absolute Gasteiger partial charge is 0.308 e. The van der Waals surface area contributed by atoms with Crippen LogP contribution in [0.5, 0.6) is 5.75 Å². The molecule has 0 bridgehead atoms. The molecule has 0 radical (unpaired) electrons. The van der Waals surface area contributed by atoms with Crippen molar-refractivity contribution >= 4 is 11.9 Å². The van der Waals surface area contributed by atoms with E-state index >= 15 is 0 Å². The second kappa shape index (κ2) is 8.19. The van der Waals surface area contributed by atoms with Crippen molar-refractivity contribution in [3.8, 4) is 5.75 Å². The monoisotopic (exact) mass is 279 g/mol. The maximum absolute atomic E-state index is 11.6. The molecule has 0 aliphatic carbocycles. The predicted octanol–water partition coefficient (Wildman–Crippen LogP) is 1.99. The van der Waals surface area contributed by atoms with E-state index in [0.717, 1.165) is 12.0 Å². The second-order valence-electron chi connectivity index (χ2n) is 4.73. The summed E-state index contributed by atoms with van der Waals surface area (Å²) in [5, 5.41) is 11.6. The molecule has 1 rings (SSSR count). The molecular weight excluding hydrogens is 258 g/mol. The van der Waals surface area contributed by atoms with E-state index in [2.05, 4.69) is 5.32 Å². The number of nitrogens with one attached hydrogen (secondary N) is 1. The molecule has 1 atom stereocenters. The summed E-state index contributed by atoms with van der Waals surface area (Å²) in [5.74, 6) is -1.11. The molecule has 1 aromatic rings. The highest BCUT2D eigenvalue weighted by Crippen LogP contribution is 2.11. The first kappa shape index (κ1) is 16.0. The van der Waals surface area contributed by atoms with Gasteiger partial charge in [0.15, 0.2) is 6.61 Å². The molecule has 20 heavy (non-hydrogen) atoms. The normalized spacial score (nSPS) is 11.7. The summed E-state index contributed by atoms with van der Waals surface area (Å²) in [6.45, 7) is 3.91. The molecular formula is C15H21NO4. The van der Waals surface area contributed by atoms with E-state index in [-0.39, 0.29) is 19.1 Å². The minimum Gasteiger partial charge on any atom is -0.484 e. The van der Waals surface area contributed by atoms with Crippen molar-refractivity contribution < 1.29 is 19.4 Å². The molecule has 5 nitrogen and oxygen atoms in total. The highest BCUT2D eigenvalue weighted by molar-refractivity contribution is 5.78. The summed E-state index contributed by atoms with van der Waals surface area (Å²) in [5.41, 5.74) is 1.12. The Balaban J connectivity index is 2.32. The standard InChI is InChI=1S/C15H21NO4/c1-3-4-12(15(18)19)9-16-14(17)10-20-13-7-5-11(2)6-8-13/h5-8,12H,3-4,9-10H2,1-2H3,(H,16,17)(H,18,19). The Kier molecular flexibility index (Phi) is 6.56. The summed E-state index contributed by atoms with van der Waals surface area (Å²) < 4.78 is 5.32. The van der Waals surface area contributed by atoms with Gasteiger partial charge in [-0.25, -0.2) is 0 Å². The number of carboxylic acid groups (broad SMARTS) is 1. The van der Waals surface area contributed by atoms with E-state index < -0.39 is 11.9 Å². The van der Waals surface area contributed by atoms with E-state index in [9.17, 15) is 9.59 Å². The van der Waals surface area contributed by atoms with Crippen LogP contribution in [0.25, 0.3) is 0 Å². The SMILES string of the molecule is CCCC(CNC(=O)COc1ccc(C)cc1)C(=O)O. The third kappa shape index (κ3) is 5.73. The maximum atomic E-state index is 11.6. The molecule has 1 unspecified atom stereocenters. The molecule has 0 saturated heterocycles. The van der Waals surface area contributed by atoms with Crippen LogP contribution in [0.3, 0.4) is 0 Å². The fourth-order valence-electron chi connectivity index (χ4n) is 1.73. The average Bonchev–Trinajstić information content (AvgIpc) is 2.42. The number of ether oxygens (including phenoxy) is 1. The van der Waals surface area contributed by atoms with Crippen LogP contribution in [0.2, 0.25) is 0 Å². The van der Waals surface area contributed by atoms with Crippen LogP contribution in [0.4, 0.5) is 0 Å². The molecule has 110 valence electrons. The zero-order valence-electron chi connectivity index (χ0n) is 11.9. The number of carboxylic acids is 1. The van der Waals surface area contributed by atoms with E-state index in [4.69, 9.17) is 9.84 Å².